The molecular formula is C11H24. The molecule has 0 heterocycles. The Hall–Kier alpha value is 0. The summed E-state index contributed by atoms with van der Waals surface area (Å²) in [7, 11) is 0. The van der Waals surface area contributed by atoms with Crippen molar-refractivity contribution in [3.63, 3.8) is 0 Å². The Kier molecular flexibility index (Phi) is 4.13. The van der Waals surface area contributed by atoms with Crippen molar-refractivity contribution in [3.8, 4) is 0 Å². The third-order valence-corrected chi connectivity index (χ3v) is 2.66. The molecule has 0 aliphatic carbocycles. The van der Waals surface area contributed by atoms with Crippen molar-refractivity contribution < 1.29 is 0 Å². The van der Waals surface area contributed by atoms with Gasteiger partial charge in [0, 0.05) is 0 Å². The number of rotatable bonds is 3. The lowest BCUT2D eigenvalue weighted by molar-refractivity contribution is 0.234. The van der Waals surface area contributed by atoms with Gasteiger partial charge in [0.15, 0.2) is 0 Å². The predicted octanol–water partition coefficient (Wildman–Crippen LogP) is 4.10. The fourth-order valence-electron chi connectivity index (χ4n) is 1.02. The topological polar surface area (TPSA) is 0 Å². The Morgan fingerprint density at radius 3 is 1.64 bits per heavy atom. The van der Waals surface area contributed by atoms with E-state index in [9.17, 15) is 0 Å². The van der Waals surface area contributed by atoms with E-state index in [1.54, 1.807) is 0 Å². The van der Waals surface area contributed by atoms with Crippen LogP contribution in [0.3, 0.4) is 0 Å². The molecule has 0 aromatic heterocycles. The monoisotopic (exact) mass is 156 g/mol. The van der Waals surface area contributed by atoms with Crippen LogP contribution in [0.25, 0.3) is 0 Å². The standard InChI is InChI=1S/C11H24/c1-9(2)7-8-10(3)11(4,5)6/h9-10H,7-8H2,1-6H3/t10-/m1/s1. The van der Waals surface area contributed by atoms with E-state index in [0.29, 0.717) is 5.41 Å². The summed E-state index contributed by atoms with van der Waals surface area (Å²) in [6.07, 6.45) is 2.75. The first kappa shape index (κ1) is 11.0. The minimum absolute atomic E-state index is 0.495. The summed E-state index contributed by atoms with van der Waals surface area (Å²) >= 11 is 0. The normalized spacial score (nSPS) is 15.5. The highest BCUT2D eigenvalue weighted by atomic mass is 14.2. The van der Waals surface area contributed by atoms with Gasteiger partial charge in [0.05, 0.1) is 0 Å². The maximum Gasteiger partial charge on any atom is -0.0357 e. The van der Waals surface area contributed by atoms with Crippen LogP contribution in [0.15, 0.2) is 0 Å². The van der Waals surface area contributed by atoms with Gasteiger partial charge in [0.2, 0.25) is 0 Å². The average molecular weight is 156 g/mol. The van der Waals surface area contributed by atoms with Crippen LogP contribution in [0, 0.1) is 17.3 Å². The summed E-state index contributed by atoms with van der Waals surface area (Å²) in [6.45, 7) is 14.0. The Labute approximate surface area is 72.4 Å². The van der Waals surface area contributed by atoms with Crippen LogP contribution in [0.4, 0.5) is 0 Å². The van der Waals surface area contributed by atoms with E-state index in [0.717, 1.165) is 11.8 Å². The average Bonchev–Trinajstić information content (AvgIpc) is 1.80. The van der Waals surface area contributed by atoms with Gasteiger partial charge in [-0.1, -0.05) is 48.0 Å². The minimum Gasteiger partial charge on any atom is -0.0628 e. The van der Waals surface area contributed by atoms with Gasteiger partial charge in [-0.15, -0.1) is 0 Å². The van der Waals surface area contributed by atoms with Crippen molar-refractivity contribution in [2.24, 2.45) is 17.3 Å². The molecule has 0 saturated carbocycles. The van der Waals surface area contributed by atoms with E-state index < -0.39 is 0 Å². The molecule has 0 radical (unpaired) electrons. The molecule has 0 nitrogen and oxygen atoms in total. The van der Waals surface area contributed by atoms with E-state index in [2.05, 4.69) is 41.5 Å². The maximum absolute atomic E-state index is 2.36. The van der Waals surface area contributed by atoms with Crippen LogP contribution >= 0.6 is 0 Å². The molecule has 0 fully saturated rings. The third-order valence-electron chi connectivity index (χ3n) is 2.66. The molecule has 0 spiro atoms. The molecule has 0 aliphatic heterocycles. The third kappa shape index (κ3) is 5.29. The lowest BCUT2D eigenvalue weighted by Crippen LogP contribution is -2.17. The second kappa shape index (κ2) is 4.13. The van der Waals surface area contributed by atoms with Crippen LogP contribution in [0.1, 0.15) is 54.4 Å². The summed E-state index contributed by atoms with van der Waals surface area (Å²) in [4.78, 5) is 0. The Morgan fingerprint density at radius 1 is 0.909 bits per heavy atom. The van der Waals surface area contributed by atoms with E-state index in [1.165, 1.54) is 12.8 Å². The molecule has 0 amide bonds. The summed E-state index contributed by atoms with van der Waals surface area (Å²) in [6, 6.07) is 0. The predicted molar refractivity (Wildman–Crippen MR) is 52.7 cm³/mol. The zero-order valence-corrected chi connectivity index (χ0v) is 9.07. The van der Waals surface area contributed by atoms with E-state index in [-0.39, 0.29) is 0 Å². The molecule has 0 aromatic carbocycles. The summed E-state index contributed by atoms with van der Waals surface area (Å²) in [5, 5.41) is 0. The van der Waals surface area contributed by atoms with Gasteiger partial charge >= 0.3 is 0 Å². The Morgan fingerprint density at radius 2 is 1.36 bits per heavy atom. The van der Waals surface area contributed by atoms with E-state index in [1.807, 2.05) is 0 Å². The number of hydrogen-bond donors (Lipinski definition) is 0. The maximum atomic E-state index is 2.36. The highest BCUT2D eigenvalue weighted by Gasteiger charge is 2.19. The van der Waals surface area contributed by atoms with Crippen LogP contribution < -0.4 is 0 Å². The van der Waals surface area contributed by atoms with Crippen molar-refractivity contribution in [3.05, 3.63) is 0 Å². The van der Waals surface area contributed by atoms with Gasteiger partial charge in [-0.2, -0.15) is 0 Å². The molecule has 0 aliphatic rings. The molecule has 0 aromatic rings. The molecule has 0 saturated heterocycles. The molecule has 0 rings (SSSR count). The first-order valence-corrected chi connectivity index (χ1v) is 4.84. The second-order valence-corrected chi connectivity index (χ2v) is 5.24. The van der Waals surface area contributed by atoms with Gasteiger partial charge in [-0.3, -0.25) is 0 Å². The highest BCUT2D eigenvalue weighted by Crippen LogP contribution is 2.29. The van der Waals surface area contributed by atoms with Gasteiger partial charge < -0.3 is 0 Å². The first-order valence-electron chi connectivity index (χ1n) is 4.84. The van der Waals surface area contributed by atoms with Crippen LogP contribution in [-0.4, -0.2) is 0 Å². The molecule has 11 heavy (non-hydrogen) atoms. The first-order chi connectivity index (χ1) is 4.84. The fourth-order valence-corrected chi connectivity index (χ4v) is 1.02. The van der Waals surface area contributed by atoms with Crippen LogP contribution in [0.5, 0.6) is 0 Å². The summed E-state index contributed by atoms with van der Waals surface area (Å²) in [5.41, 5.74) is 0.495. The van der Waals surface area contributed by atoms with Crippen molar-refractivity contribution in [2.45, 2.75) is 54.4 Å². The molecule has 0 bridgehead atoms. The summed E-state index contributed by atoms with van der Waals surface area (Å²) in [5.74, 6) is 1.71. The van der Waals surface area contributed by atoms with E-state index in [4.69, 9.17) is 0 Å². The highest BCUT2D eigenvalue weighted by molar-refractivity contribution is 4.70. The van der Waals surface area contributed by atoms with Gasteiger partial charge in [-0.25, -0.2) is 0 Å². The van der Waals surface area contributed by atoms with Gasteiger partial charge in [0.25, 0.3) is 0 Å². The van der Waals surface area contributed by atoms with Crippen molar-refractivity contribution >= 4 is 0 Å². The molecule has 0 unspecified atom stereocenters. The molecule has 1 atom stereocenters. The van der Waals surface area contributed by atoms with Crippen LogP contribution in [-0.2, 0) is 0 Å². The Balaban J connectivity index is 3.61. The van der Waals surface area contributed by atoms with Crippen molar-refractivity contribution in [2.75, 3.05) is 0 Å². The minimum atomic E-state index is 0.495. The lowest BCUT2D eigenvalue weighted by atomic mass is 9.78. The Bertz CT molecular complexity index is 95.1. The van der Waals surface area contributed by atoms with Crippen molar-refractivity contribution in [1.29, 1.82) is 0 Å². The lowest BCUT2D eigenvalue weighted by Gasteiger charge is -2.27. The quantitative estimate of drug-likeness (QED) is 0.577. The van der Waals surface area contributed by atoms with Crippen molar-refractivity contribution in [1.82, 2.24) is 0 Å². The van der Waals surface area contributed by atoms with E-state index >= 15 is 0 Å². The molecule has 0 heteroatoms. The molecular weight excluding hydrogens is 132 g/mol. The zero-order chi connectivity index (χ0) is 9.07. The second-order valence-electron chi connectivity index (χ2n) is 5.24. The van der Waals surface area contributed by atoms with Gasteiger partial charge in [0.1, 0.15) is 0 Å². The fraction of sp³-hybridized carbons (Fsp3) is 1.00. The van der Waals surface area contributed by atoms with Crippen LogP contribution in [0.2, 0.25) is 0 Å². The summed E-state index contributed by atoms with van der Waals surface area (Å²) < 4.78 is 0. The smallest absolute Gasteiger partial charge is 0.0357 e. The zero-order valence-electron chi connectivity index (χ0n) is 9.07. The molecule has 68 valence electrons. The SMILES string of the molecule is CC(C)CC[C@@H](C)C(C)(C)C. The largest absolute Gasteiger partial charge is 0.0628 e. The van der Waals surface area contributed by atoms with Gasteiger partial charge in [-0.05, 0) is 23.7 Å². The number of hydrogen-bond acceptors (Lipinski definition) is 0. The molecule has 0 N–H and O–H groups in total.